The van der Waals surface area contributed by atoms with Gasteiger partial charge in [0.2, 0.25) is 5.91 Å². The molecule has 1 aromatic carbocycles. The van der Waals surface area contributed by atoms with Crippen molar-refractivity contribution >= 4 is 18.3 Å². The van der Waals surface area contributed by atoms with Gasteiger partial charge in [0, 0.05) is 12.6 Å². The molecule has 0 radical (unpaired) electrons. The molecule has 1 aliphatic heterocycles. The molecule has 26 heavy (non-hydrogen) atoms. The molecule has 0 spiro atoms. The molecule has 2 aliphatic rings. The molecule has 6 heteroatoms. The zero-order chi connectivity index (χ0) is 17.6. The second kappa shape index (κ2) is 10.0. The van der Waals surface area contributed by atoms with Crippen LogP contribution >= 0.6 is 12.4 Å². The van der Waals surface area contributed by atoms with Crippen LogP contribution in [-0.2, 0) is 11.2 Å². The lowest BCUT2D eigenvalue weighted by molar-refractivity contribution is -0.122. The van der Waals surface area contributed by atoms with Crippen LogP contribution in [-0.4, -0.2) is 38.8 Å². The molecule has 3 atom stereocenters. The van der Waals surface area contributed by atoms with Crippen molar-refractivity contribution in [2.45, 2.75) is 57.0 Å². The molecular formula is C20H31ClN2O3. The zero-order valence-electron chi connectivity index (χ0n) is 15.8. The fourth-order valence-electron chi connectivity index (χ4n) is 4.18. The molecule has 1 aliphatic carbocycles. The maximum absolute atomic E-state index is 12.4. The van der Waals surface area contributed by atoms with Crippen LogP contribution in [0.5, 0.6) is 11.5 Å². The minimum atomic E-state index is 0. The summed E-state index contributed by atoms with van der Waals surface area (Å²) in [5.74, 6) is 2.37. The van der Waals surface area contributed by atoms with Gasteiger partial charge in [0.05, 0.1) is 20.3 Å². The summed E-state index contributed by atoms with van der Waals surface area (Å²) in [5.41, 5.74) is 1.19. The van der Waals surface area contributed by atoms with Gasteiger partial charge < -0.3 is 20.1 Å². The molecule has 146 valence electrons. The number of nitrogens with one attached hydrogen (secondary N) is 2. The highest BCUT2D eigenvalue weighted by Gasteiger charge is 2.37. The van der Waals surface area contributed by atoms with Crippen molar-refractivity contribution in [2.75, 3.05) is 20.8 Å². The van der Waals surface area contributed by atoms with Gasteiger partial charge in [0.1, 0.15) is 0 Å². The van der Waals surface area contributed by atoms with Crippen molar-refractivity contribution in [2.24, 2.45) is 5.92 Å². The van der Waals surface area contributed by atoms with E-state index in [1.165, 1.54) is 31.2 Å². The molecule has 1 saturated carbocycles. The Labute approximate surface area is 162 Å². The maximum atomic E-state index is 12.4. The number of amides is 1. The Balaban J connectivity index is 0.00000243. The van der Waals surface area contributed by atoms with Crippen molar-refractivity contribution in [3.8, 4) is 11.5 Å². The van der Waals surface area contributed by atoms with Gasteiger partial charge in [-0.15, -0.1) is 12.4 Å². The average molecular weight is 383 g/mol. The summed E-state index contributed by atoms with van der Waals surface area (Å²) in [6.45, 7) is 0.709. The Morgan fingerprint density at radius 3 is 2.69 bits per heavy atom. The first-order chi connectivity index (χ1) is 12.2. The largest absolute Gasteiger partial charge is 0.493 e. The maximum Gasteiger partial charge on any atom is 0.237 e. The van der Waals surface area contributed by atoms with Gasteiger partial charge in [-0.2, -0.15) is 0 Å². The van der Waals surface area contributed by atoms with E-state index in [1.54, 1.807) is 14.2 Å². The first-order valence-electron chi connectivity index (χ1n) is 9.46. The minimum Gasteiger partial charge on any atom is -0.493 e. The van der Waals surface area contributed by atoms with Gasteiger partial charge in [-0.05, 0) is 55.7 Å². The Bertz CT molecular complexity index is 582. The Morgan fingerprint density at radius 1 is 1.19 bits per heavy atom. The van der Waals surface area contributed by atoms with Gasteiger partial charge in [0.15, 0.2) is 11.5 Å². The fraction of sp³-hybridized carbons (Fsp3) is 0.650. The quantitative estimate of drug-likeness (QED) is 0.711. The number of benzene rings is 1. The monoisotopic (exact) mass is 382 g/mol. The van der Waals surface area contributed by atoms with Crippen molar-refractivity contribution < 1.29 is 14.3 Å². The summed E-state index contributed by atoms with van der Waals surface area (Å²) < 4.78 is 10.6. The number of fused-ring (bicyclic) bond motifs is 1. The van der Waals surface area contributed by atoms with E-state index in [0.29, 0.717) is 18.5 Å². The highest BCUT2D eigenvalue weighted by Crippen LogP contribution is 2.33. The summed E-state index contributed by atoms with van der Waals surface area (Å²) in [5, 5.41) is 6.63. The van der Waals surface area contributed by atoms with E-state index in [-0.39, 0.29) is 24.4 Å². The van der Waals surface area contributed by atoms with E-state index in [4.69, 9.17) is 9.47 Å². The van der Waals surface area contributed by atoms with Crippen LogP contribution in [0.1, 0.15) is 44.1 Å². The van der Waals surface area contributed by atoms with Crippen LogP contribution in [0, 0.1) is 5.92 Å². The van der Waals surface area contributed by atoms with Crippen LogP contribution in [0.15, 0.2) is 18.2 Å². The van der Waals surface area contributed by atoms with Crippen LogP contribution in [0.3, 0.4) is 0 Å². The number of ether oxygens (including phenoxy) is 2. The molecule has 0 bridgehead atoms. The molecule has 2 fully saturated rings. The Morgan fingerprint density at radius 2 is 1.96 bits per heavy atom. The van der Waals surface area contributed by atoms with E-state index in [9.17, 15) is 4.79 Å². The van der Waals surface area contributed by atoms with Crippen LogP contribution < -0.4 is 20.1 Å². The molecule has 3 unspecified atom stereocenters. The number of hydrogen-bond acceptors (Lipinski definition) is 4. The van der Waals surface area contributed by atoms with Crippen molar-refractivity contribution in [3.63, 3.8) is 0 Å². The molecule has 5 nitrogen and oxygen atoms in total. The number of rotatable bonds is 7. The van der Waals surface area contributed by atoms with E-state index >= 15 is 0 Å². The molecule has 1 aromatic rings. The summed E-state index contributed by atoms with van der Waals surface area (Å²) in [6, 6.07) is 6.55. The SMILES string of the molecule is COc1ccc(CCCNC(=O)C2CC3CCCCC3N2)cc1OC.Cl. The number of aryl methyl sites for hydroxylation is 1. The smallest absolute Gasteiger partial charge is 0.237 e. The lowest BCUT2D eigenvalue weighted by atomic mass is 9.85. The third kappa shape index (κ3) is 5.04. The van der Waals surface area contributed by atoms with Crippen LogP contribution in [0.4, 0.5) is 0 Å². The highest BCUT2D eigenvalue weighted by atomic mass is 35.5. The predicted molar refractivity (Wildman–Crippen MR) is 105 cm³/mol. The topological polar surface area (TPSA) is 59.6 Å². The fourth-order valence-corrected chi connectivity index (χ4v) is 4.18. The third-order valence-corrected chi connectivity index (χ3v) is 5.57. The second-order valence-electron chi connectivity index (χ2n) is 7.19. The molecule has 3 rings (SSSR count). The van der Waals surface area contributed by atoms with Crippen molar-refractivity contribution in [3.05, 3.63) is 23.8 Å². The number of hydrogen-bond donors (Lipinski definition) is 2. The van der Waals surface area contributed by atoms with Gasteiger partial charge in [-0.1, -0.05) is 18.9 Å². The lowest BCUT2D eigenvalue weighted by Crippen LogP contribution is -2.43. The van der Waals surface area contributed by atoms with Gasteiger partial charge in [0.25, 0.3) is 0 Å². The average Bonchev–Trinajstić information content (AvgIpc) is 3.09. The summed E-state index contributed by atoms with van der Waals surface area (Å²) in [7, 11) is 3.29. The number of methoxy groups -OCH3 is 2. The highest BCUT2D eigenvalue weighted by molar-refractivity contribution is 5.85. The number of carbonyl (C=O) groups excluding carboxylic acids is 1. The van der Waals surface area contributed by atoms with Crippen molar-refractivity contribution in [1.29, 1.82) is 0 Å². The normalized spacial score (nSPS) is 24.3. The molecule has 0 aromatic heterocycles. The first-order valence-corrected chi connectivity index (χ1v) is 9.46. The van der Waals surface area contributed by atoms with E-state index < -0.39 is 0 Å². The van der Waals surface area contributed by atoms with Gasteiger partial charge in [-0.3, -0.25) is 4.79 Å². The minimum absolute atomic E-state index is 0. The third-order valence-electron chi connectivity index (χ3n) is 5.57. The van der Waals surface area contributed by atoms with Crippen LogP contribution in [0.25, 0.3) is 0 Å². The van der Waals surface area contributed by atoms with E-state index in [0.717, 1.165) is 30.8 Å². The molecule has 1 heterocycles. The summed E-state index contributed by atoms with van der Waals surface area (Å²) >= 11 is 0. The lowest BCUT2D eigenvalue weighted by Gasteiger charge is -2.24. The molecular weight excluding hydrogens is 352 g/mol. The van der Waals surface area contributed by atoms with Gasteiger partial charge >= 0.3 is 0 Å². The zero-order valence-corrected chi connectivity index (χ0v) is 16.6. The first kappa shape index (κ1) is 20.8. The van der Waals surface area contributed by atoms with E-state index in [2.05, 4.69) is 10.6 Å². The Kier molecular flexibility index (Phi) is 8.04. The van der Waals surface area contributed by atoms with E-state index in [1.807, 2.05) is 18.2 Å². The number of carbonyl (C=O) groups is 1. The number of halogens is 1. The standard InChI is InChI=1S/C20H30N2O3.ClH/c1-24-18-10-9-14(12-19(18)25-2)6-5-11-21-20(23)17-13-15-7-3-4-8-16(15)22-17;/h9-10,12,15-17,22H,3-8,11,13H2,1-2H3,(H,21,23);1H. The summed E-state index contributed by atoms with van der Waals surface area (Å²) in [4.78, 5) is 12.4. The summed E-state index contributed by atoms with van der Waals surface area (Å²) in [6.07, 6.45) is 7.96. The van der Waals surface area contributed by atoms with Gasteiger partial charge in [-0.25, -0.2) is 0 Å². The molecule has 1 amide bonds. The second-order valence-corrected chi connectivity index (χ2v) is 7.19. The Hall–Kier alpha value is -1.46. The van der Waals surface area contributed by atoms with Crippen LogP contribution in [0.2, 0.25) is 0 Å². The molecule has 1 saturated heterocycles. The van der Waals surface area contributed by atoms with Crippen molar-refractivity contribution in [1.82, 2.24) is 10.6 Å². The predicted octanol–water partition coefficient (Wildman–Crippen LogP) is 3.10. The molecule has 2 N–H and O–H groups in total.